The molecule has 2 amide bonds. The lowest BCUT2D eigenvalue weighted by molar-refractivity contribution is -0.133. The van der Waals surface area contributed by atoms with Crippen LogP contribution in [0.1, 0.15) is 27.2 Å². The first-order valence-corrected chi connectivity index (χ1v) is 6.16. The summed E-state index contributed by atoms with van der Waals surface area (Å²) in [5.74, 6) is 0.414. The number of nitrogens with zero attached hydrogens (tertiary/aromatic N) is 1. The highest BCUT2D eigenvalue weighted by molar-refractivity contribution is 5.89. The maximum atomic E-state index is 11.9. The van der Waals surface area contributed by atoms with Crippen molar-refractivity contribution < 1.29 is 14.3 Å². The minimum Gasteiger partial charge on any atom is -0.379 e. The Hall–Kier alpha value is -1.10. The molecule has 1 atom stereocenters. The molecule has 1 aliphatic heterocycles. The van der Waals surface area contributed by atoms with Gasteiger partial charge in [-0.05, 0) is 12.8 Å². The van der Waals surface area contributed by atoms with E-state index in [-0.39, 0.29) is 11.8 Å². The Morgan fingerprint density at radius 2 is 2.18 bits per heavy atom. The largest absolute Gasteiger partial charge is 0.379 e. The van der Waals surface area contributed by atoms with Gasteiger partial charge in [-0.1, -0.05) is 13.8 Å². The van der Waals surface area contributed by atoms with Crippen molar-refractivity contribution in [3.8, 4) is 0 Å². The molecule has 1 aliphatic rings. The SMILES string of the molecule is CC(C)COCCN1CCC(=O)NC(C)C1=O. The molecule has 0 aromatic heterocycles. The number of hydrogen-bond acceptors (Lipinski definition) is 3. The molecule has 1 heterocycles. The number of carbonyl (C=O) groups is 2. The van der Waals surface area contributed by atoms with E-state index >= 15 is 0 Å². The lowest BCUT2D eigenvalue weighted by Gasteiger charge is -2.22. The maximum Gasteiger partial charge on any atom is 0.244 e. The summed E-state index contributed by atoms with van der Waals surface area (Å²) in [6, 6.07) is -0.421. The van der Waals surface area contributed by atoms with Gasteiger partial charge in [0.25, 0.3) is 0 Å². The highest BCUT2D eigenvalue weighted by Crippen LogP contribution is 2.03. The Morgan fingerprint density at radius 3 is 2.82 bits per heavy atom. The summed E-state index contributed by atoms with van der Waals surface area (Å²) in [4.78, 5) is 24.9. The van der Waals surface area contributed by atoms with Crippen molar-refractivity contribution in [3.63, 3.8) is 0 Å². The van der Waals surface area contributed by atoms with Crippen LogP contribution in [0.15, 0.2) is 0 Å². The van der Waals surface area contributed by atoms with Gasteiger partial charge in [0, 0.05) is 26.1 Å². The standard InChI is InChI=1S/C12H22N2O3/c1-9(2)8-17-7-6-14-5-4-11(15)13-10(3)12(14)16/h9-10H,4-8H2,1-3H3,(H,13,15). The molecule has 0 saturated carbocycles. The summed E-state index contributed by atoms with van der Waals surface area (Å²) in [6.45, 7) is 8.17. The quantitative estimate of drug-likeness (QED) is 0.710. The average molecular weight is 242 g/mol. The van der Waals surface area contributed by atoms with E-state index in [2.05, 4.69) is 19.2 Å². The van der Waals surface area contributed by atoms with Crippen LogP contribution in [0.2, 0.25) is 0 Å². The zero-order valence-corrected chi connectivity index (χ0v) is 10.9. The van der Waals surface area contributed by atoms with Gasteiger partial charge >= 0.3 is 0 Å². The molecule has 0 radical (unpaired) electrons. The first-order valence-electron chi connectivity index (χ1n) is 6.16. The Bertz CT molecular complexity index is 279. The van der Waals surface area contributed by atoms with Crippen LogP contribution in [0, 0.1) is 5.92 Å². The molecule has 17 heavy (non-hydrogen) atoms. The van der Waals surface area contributed by atoms with Gasteiger partial charge in [0.05, 0.1) is 6.61 Å². The fourth-order valence-electron chi connectivity index (χ4n) is 1.71. The van der Waals surface area contributed by atoms with E-state index in [1.807, 2.05) is 0 Å². The minimum atomic E-state index is -0.421. The molecule has 0 aromatic rings. The molecule has 98 valence electrons. The highest BCUT2D eigenvalue weighted by Gasteiger charge is 2.25. The minimum absolute atomic E-state index is 0.0241. The monoisotopic (exact) mass is 242 g/mol. The van der Waals surface area contributed by atoms with Gasteiger partial charge in [0.15, 0.2) is 0 Å². The molecule has 0 bridgehead atoms. The van der Waals surface area contributed by atoms with Gasteiger partial charge in [-0.25, -0.2) is 0 Å². The third kappa shape index (κ3) is 4.73. The summed E-state index contributed by atoms with van der Waals surface area (Å²) < 4.78 is 5.45. The van der Waals surface area contributed by atoms with E-state index in [1.165, 1.54) is 0 Å². The number of ether oxygens (including phenoxy) is 1. The normalized spacial score (nSPS) is 21.6. The van der Waals surface area contributed by atoms with E-state index in [9.17, 15) is 9.59 Å². The van der Waals surface area contributed by atoms with Gasteiger partial charge in [-0.15, -0.1) is 0 Å². The zero-order chi connectivity index (χ0) is 12.8. The van der Waals surface area contributed by atoms with E-state index in [0.29, 0.717) is 38.6 Å². The van der Waals surface area contributed by atoms with E-state index in [4.69, 9.17) is 4.74 Å². The van der Waals surface area contributed by atoms with E-state index in [1.54, 1.807) is 11.8 Å². The Labute approximate surface area is 102 Å². The molecule has 1 rings (SSSR count). The molecule has 5 heteroatoms. The van der Waals surface area contributed by atoms with Crippen LogP contribution in [0.25, 0.3) is 0 Å². The molecule has 1 saturated heterocycles. The average Bonchev–Trinajstić information content (AvgIpc) is 2.36. The summed E-state index contributed by atoms with van der Waals surface area (Å²) >= 11 is 0. The van der Waals surface area contributed by atoms with Crippen LogP contribution in [-0.2, 0) is 14.3 Å². The van der Waals surface area contributed by atoms with E-state index in [0.717, 1.165) is 0 Å². The van der Waals surface area contributed by atoms with Crippen molar-refractivity contribution in [2.45, 2.75) is 33.2 Å². The number of amides is 2. The van der Waals surface area contributed by atoms with Crippen LogP contribution in [0.3, 0.4) is 0 Å². The molecule has 0 aromatic carbocycles. The third-order valence-electron chi connectivity index (χ3n) is 2.63. The Kier molecular flexibility index (Phi) is 5.41. The number of nitrogens with one attached hydrogen (secondary N) is 1. The van der Waals surface area contributed by atoms with Crippen molar-refractivity contribution in [1.82, 2.24) is 10.2 Å². The lowest BCUT2D eigenvalue weighted by atomic mass is 10.2. The fourth-order valence-corrected chi connectivity index (χ4v) is 1.71. The molecule has 5 nitrogen and oxygen atoms in total. The fraction of sp³-hybridized carbons (Fsp3) is 0.833. The van der Waals surface area contributed by atoms with Crippen LogP contribution < -0.4 is 5.32 Å². The molecular weight excluding hydrogens is 220 g/mol. The van der Waals surface area contributed by atoms with Crippen molar-refractivity contribution in [2.24, 2.45) is 5.92 Å². The smallest absolute Gasteiger partial charge is 0.244 e. The summed E-state index contributed by atoms with van der Waals surface area (Å²) in [7, 11) is 0. The van der Waals surface area contributed by atoms with Crippen molar-refractivity contribution in [1.29, 1.82) is 0 Å². The van der Waals surface area contributed by atoms with E-state index < -0.39 is 6.04 Å². The van der Waals surface area contributed by atoms with Gasteiger partial charge in [0.1, 0.15) is 6.04 Å². The predicted molar refractivity (Wildman–Crippen MR) is 64.5 cm³/mol. The predicted octanol–water partition coefficient (Wildman–Crippen LogP) is 0.396. The summed E-state index contributed by atoms with van der Waals surface area (Å²) in [5, 5.41) is 2.66. The van der Waals surface area contributed by atoms with Crippen molar-refractivity contribution in [3.05, 3.63) is 0 Å². The molecule has 0 spiro atoms. The highest BCUT2D eigenvalue weighted by atomic mass is 16.5. The first-order chi connectivity index (χ1) is 8.00. The maximum absolute atomic E-state index is 11.9. The van der Waals surface area contributed by atoms with Crippen LogP contribution in [0.4, 0.5) is 0 Å². The number of hydrogen-bond donors (Lipinski definition) is 1. The molecule has 1 N–H and O–H groups in total. The summed E-state index contributed by atoms with van der Waals surface area (Å²) in [6.07, 6.45) is 0.375. The van der Waals surface area contributed by atoms with Gasteiger partial charge in [-0.2, -0.15) is 0 Å². The Balaban J connectivity index is 2.35. The second-order valence-electron chi connectivity index (χ2n) is 4.83. The van der Waals surface area contributed by atoms with Gasteiger partial charge in [-0.3, -0.25) is 9.59 Å². The molecule has 1 unspecified atom stereocenters. The Morgan fingerprint density at radius 1 is 1.47 bits per heavy atom. The topological polar surface area (TPSA) is 58.6 Å². The lowest BCUT2D eigenvalue weighted by Crippen LogP contribution is -2.43. The van der Waals surface area contributed by atoms with Crippen LogP contribution in [0.5, 0.6) is 0 Å². The van der Waals surface area contributed by atoms with Gasteiger partial charge in [0.2, 0.25) is 11.8 Å². The second-order valence-corrected chi connectivity index (χ2v) is 4.83. The number of carbonyl (C=O) groups excluding carboxylic acids is 2. The first kappa shape index (κ1) is 14.0. The molecule has 0 aliphatic carbocycles. The summed E-state index contributed by atoms with van der Waals surface area (Å²) in [5.41, 5.74) is 0. The zero-order valence-electron chi connectivity index (χ0n) is 10.9. The number of rotatable bonds is 5. The molecule has 1 fully saturated rings. The second kappa shape index (κ2) is 6.59. The third-order valence-corrected chi connectivity index (χ3v) is 2.63. The molecular formula is C12H22N2O3. The van der Waals surface area contributed by atoms with Gasteiger partial charge < -0.3 is 15.0 Å². The van der Waals surface area contributed by atoms with Crippen LogP contribution >= 0.6 is 0 Å². The van der Waals surface area contributed by atoms with Crippen molar-refractivity contribution in [2.75, 3.05) is 26.3 Å². The van der Waals surface area contributed by atoms with Crippen molar-refractivity contribution >= 4 is 11.8 Å². The van der Waals surface area contributed by atoms with Crippen LogP contribution in [-0.4, -0.2) is 49.1 Å².